The normalized spacial score (nSPS) is 19.6. The third kappa shape index (κ3) is 2.23. The Kier molecular flexibility index (Phi) is 3.65. The van der Waals surface area contributed by atoms with Crippen LogP contribution in [0.5, 0.6) is 0 Å². The van der Waals surface area contributed by atoms with Crippen molar-refractivity contribution < 1.29 is 9.59 Å². The lowest BCUT2D eigenvalue weighted by atomic mass is 10.0. The predicted octanol–water partition coefficient (Wildman–Crippen LogP) is 1.35. The van der Waals surface area contributed by atoms with E-state index < -0.39 is 0 Å². The third-order valence-corrected chi connectivity index (χ3v) is 3.35. The molecular weight excluding hydrogens is 228 g/mol. The molecule has 1 unspecified atom stereocenters. The highest BCUT2D eigenvalue weighted by atomic mass is 16.2. The van der Waals surface area contributed by atoms with Crippen LogP contribution in [0.25, 0.3) is 0 Å². The van der Waals surface area contributed by atoms with Gasteiger partial charge in [-0.1, -0.05) is 25.1 Å². The molecule has 0 radical (unpaired) electrons. The van der Waals surface area contributed by atoms with Crippen LogP contribution in [0.4, 0.5) is 0 Å². The number of nitrogens with zero attached hydrogens (tertiary/aromatic N) is 1. The molecule has 1 heterocycles. The molecule has 1 fully saturated rings. The number of benzene rings is 1. The number of hydrogen-bond donors (Lipinski definition) is 1. The molecule has 4 heteroatoms. The van der Waals surface area contributed by atoms with Crippen molar-refractivity contribution in [2.45, 2.75) is 26.3 Å². The number of piperazine rings is 1. The molecule has 1 aliphatic heterocycles. The molecule has 1 saturated heterocycles. The van der Waals surface area contributed by atoms with Gasteiger partial charge < -0.3 is 10.2 Å². The summed E-state index contributed by atoms with van der Waals surface area (Å²) in [5, 5.41) is 2.80. The minimum atomic E-state index is -0.342. The molecule has 0 aliphatic carbocycles. The van der Waals surface area contributed by atoms with Crippen molar-refractivity contribution in [1.29, 1.82) is 0 Å². The predicted molar refractivity (Wildman–Crippen MR) is 69.3 cm³/mol. The van der Waals surface area contributed by atoms with Gasteiger partial charge in [-0.3, -0.25) is 9.59 Å². The zero-order valence-electron chi connectivity index (χ0n) is 10.8. The van der Waals surface area contributed by atoms with Crippen LogP contribution >= 0.6 is 0 Å². The maximum absolute atomic E-state index is 12.5. The average Bonchev–Trinajstić information content (AvgIpc) is 2.38. The summed E-state index contributed by atoms with van der Waals surface area (Å²) < 4.78 is 0. The van der Waals surface area contributed by atoms with Crippen LogP contribution in [0.2, 0.25) is 0 Å². The van der Waals surface area contributed by atoms with E-state index in [2.05, 4.69) is 5.32 Å². The third-order valence-electron chi connectivity index (χ3n) is 3.35. The summed E-state index contributed by atoms with van der Waals surface area (Å²) in [6.45, 7) is 4.95. The summed E-state index contributed by atoms with van der Waals surface area (Å²) in [6.07, 6.45) is 0.642. The lowest BCUT2D eigenvalue weighted by Gasteiger charge is -2.34. The SMILES string of the molecule is CCC1C(=O)NCCN1C(=O)c1ccccc1C. The fourth-order valence-corrected chi connectivity index (χ4v) is 2.33. The first kappa shape index (κ1) is 12.6. The molecule has 1 aromatic carbocycles. The number of rotatable bonds is 2. The molecule has 1 atom stereocenters. The van der Waals surface area contributed by atoms with E-state index in [9.17, 15) is 9.59 Å². The number of carbonyl (C=O) groups excluding carboxylic acids is 2. The Labute approximate surface area is 107 Å². The maximum atomic E-state index is 12.5. The second-order valence-electron chi connectivity index (χ2n) is 4.53. The number of nitrogens with one attached hydrogen (secondary N) is 1. The van der Waals surface area contributed by atoms with E-state index in [-0.39, 0.29) is 17.9 Å². The van der Waals surface area contributed by atoms with Gasteiger partial charge >= 0.3 is 0 Å². The van der Waals surface area contributed by atoms with E-state index >= 15 is 0 Å². The van der Waals surface area contributed by atoms with Crippen LogP contribution in [0, 0.1) is 6.92 Å². The van der Waals surface area contributed by atoms with Crippen molar-refractivity contribution in [3.63, 3.8) is 0 Å². The Balaban J connectivity index is 2.27. The van der Waals surface area contributed by atoms with E-state index in [1.165, 1.54) is 0 Å². The fourth-order valence-electron chi connectivity index (χ4n) is 2.33. The van der Waals surface area contributed by atoms with Gasteiger partial charge in [0.25, 0.3) is 5.91 Å². The Morgan fingerprint density at radius 1 is 1.44 bits per heavy atom. The summed E-state index contributed by atoms with van der Waals surface area (Å²) in [7, 11) is 0. The molecule has 0 spiro atoms. The van der Waals surface area contributed by atoms with Gasteiger partial charge in [0, 0.05) is 18.7 Å². The average molecular weight is 246 g/mol. The molecule has 2 amide bonds. The van der Waals surface area contributed by atoms with Crippen molar-refractivity contribution in [2.75, 3.05) is 13.1 Å². The summed E-state index contributed by atoms with van der Waals surface area (Å²) >= 11 is 0. The molecule has 1 N–H and O–H groups in total. The van der Waals surface area contributed by atoms with Crippen LogP contribution in [0.1, 0.15) is 29.3 Å². The van der Waals surface area contributed by atoms with E-state index in [1.807, 2.05) is 38.1 Å². The highest BCUT2D eigenvalue weighted by Gasteiger charge is 2.32. The summed E-state index contributed by atoms with van der Waals surface area (Å²) in [6, 6.07) is 7.15. The number of amides is 2. The number of aryl methyl sites for hydroxylation is 1. The largest absolute Gasteiger partial charge is 0.353 e. The van der Waals surface area contributed by atoms with Gasteiger partial charge in [0.2, 0.25) is 5.91 Å². The van der Waals surface area contributed by atoms with Crippen LogP contribution in [-0.4, -0.2) is 35.8 Å². The van der Waals surface area contributed by atoms with Gasteiger partial charge in [-0.25, -0.2) is 0 Å². The Morgan fingerprint density at radius 3 is 2.83 bits per heavy atom. The van der Waals surface area contributed by atoms with Gasteiger partial charge in [-0.05, 0) is 25.0 Å². The molecule has 1 aliphatic rings. The number of carbonyl (C=O) groups is 2. The van der Waals surface area contributed by atoms with Crippen molar-refractivity contribution in [2.24, 2.45) is 0 Å². The first-order valence-electron chi connectivity index (χ1n) is 6.29. The van der Waals surface area contributed by atoms with Crippen LogP contribution in [0.3, 0.4) is 0 Å². The minimum Gasteiger partial charge on any atom is -0.353 e. The zero-order valence-corrected chi connectivity index (χ0v) is 10.8. The van der Waals surface area contributed by atoms with Gasteiger partial charge in [0.15, 0.2) is 0 Å². The molecule has 2 rings (SSSR count). The van der Waals surface area contributed by atoms with Crippen LogP contribution in [-0.2, 0) is 4.79 Å². The lowest BCUT2D eigenvalue weighted by Crippen LogP contribution is -2.57. The second-order valence-corrected chi connectivity index (χ2v) is 4.53. The Morgan fingerprint density at radius 2 is 2.17 bits per heavy atom. The molecule has 0 aromatic heterocycles. The first-order chi connectivity index (χ1) is 8.65. The van der Waals surface area contributed by atoms with E-state index in [0.717, 1.165) is 5.56 Å². The van der Waals surface area contributed by atoms with Gasteiger partial charge in [0.05, 0.1) is 0 Å². The highest BCUT2D eigenvalue weighted by molar-refractivity contribution is 5.99. The van der Waals surface area contributed by atoms with Crippen molar-refractivity contribution in [3.05, 3.63) is 35.4 Å². The van der Waals surface area contributed by atoms with E-state index in [0.29, 0.717) is 25.1 Å². The molecule has 18 heavy (non-hydrogen) atoms. The van der Waals surface area contributed by atoms with E-state index in [1.54, 1.807) is 4.90 Å². The molecular formula is C14H18N2O2. The Bertz CT molecular complexity index is 471. The minimum absolute atomic E-state index is 0.0465. The topological polar surface area (TPSA) is 49.4 Å². The smallest absolute Gasteiger partial charge is 0.254 e. The van der Waals surface area contributed by atoms with Gasteiger partial charge in [-0.2, -0.15) is 0 Å². The van der Waals surface area contributed by atoms with Crippen LogP contribution in [0.15, 0.2) is 24.3 Å². The molecule has 96 valence electrons. The zero-order chi connectivity index (χ0) is 13.1. The van der Waals surface area contributed by atoms with Gasteiger partial charge in [-0.15, -0.1) is 0 Å². The number of hydrogen-bond acceptors (Lipinski definition) is 2. The first-order valence-corrected chi connectivity index (χ1v) is 6.29. The van der Waals surface area contributed by atoms with E-state index in [4.69, 9.17) is 0 Å². The highest BCUT2D eigenvalue weighted by Crippen LogP contribution is 2.16. The monoisotopic (exact) mass is 246 g/mol. The quantitative estimate of drug-likeness (QED) is 0.856. The maximum Gasteiger partial charge on any atom is 0.254 e. The van der Waals surface area contributed by atoms with Crippen LogP contribution < -0.4 is 5.32 Å². The summed E-state index contributed by atoms with van der Waals surface area (Å²) in [4.78, 5) is 25.9. The molecule has 4 nitrogen and oxygen atoms in total. The summed E-state index contributed by atoms with van der Waals surface area (Å²) in [5.41, 5.74) is 1.63. The standard InChI is InChI=1S/C14H18N2O2/c1-3-12-13(17)15-8-9-16(12)14(18)11-7-5-4-6-10(11)2/h4-7,12H,3,8-9H2,1-2H3,(H,15,17). The van der Waals surface area contributed by atoms with Gasteiger partial charge in [0.1, 0.15) is 6.04 Å². The van der Waals surface area contributed by atoms with Crippen molar-refractivity contribution >= 4 is 11.8 Å². The molecule has 0 bridgehead atoms. The summed E-state index contributed by atoms with van der Waals surface area (Å²) in [5.74, 6) is -0.0968. The van der Waals surface area contributed by atoms with Crippen molar-refractivity contribution in [1.82, 2.24) is 10.2 Å². The lowest BCUT2D eigenvalue weighted by molar-refractivity contribution is -0.127. The molecule has 1 aromatic rings. The molecule has 0 saturated carbocycles. The Hall–Kier alpha value is -1.84. The van der Waals surface area contributed by atoms with Crippen molar-refractivity contribution in [3.8, 4) is 0 Å². The fraction of sp³-hybridized carbons (Fsp3) is 0.429. The second kappa shape index (κ2) is 5.21.